The fourth-order valence-electron chi connectivity index (χ4n) is 2.01. The number of ether oxygens (including phenoxy) is 1. The van der Waals surface area contributed by atoms with E-state index in [1.165, 1.54) is 0 Å². The minimum absolute atomic E-state index is 0.193. The third-order valence-corrected chi connectivity index (χ3v) is 2.81. The maximum atomic E-state index is 10.9. The Morgan fingerprint density at radius 3 is 2.06 bits per heavy atom. The quantitative estimate of drug-likeness (QED) is 0.689. The van der Waals surface area contributed by atoms with E-state index >= 15 is 0 Å². The molecule has 0 saturated heterocycles. The zero-order valence-corrected chi connectivity index (χ0v) is 8.96. The summed E-state index contributed by atoms with van der Waals surface area (Å²) in [6.45, 7) is 3.82. The van der Waals surface area contributed by atoms with Gasteiger partial charge in [-0.1, -0.05) is 6.08 Å². The Balaban J connectivity index is 2.62. The van der Waals surface area contributed by atoms with Crippen molar-refractivity contribution in [2.24, 2.45) is 11.8 Å². The Morgan fingerprint density at radius 1 is 1.19 bits per heavy atom. The molecule has 1 rings (SSSR count). The van der Waals surface area contributed by atoms with E-state index in [1.807, 2.05) is 0 Å². The van der Waals surface area contributed by atoms with Crippen molar-refractivity contribution in [1.29, 1.82) is 0 Å². The molecule has 1 aliphatic carbocycles. The van der Waals surface area contributed by atoms with Gasteiger partial charge in [-0.25, -0.2) is 0 Å². The fraction of sp³-hybridized carbons (Fsp3) is 0.636. The van der Waals surface area contributed by atoms with E-state index in [4.69, 9.17) is 14.9 Å². The molecule has 1 saturated carbocycles. The molecule has 90 valence electrons. The highest BCUT2D eigenvalue weighted by atomic mass is 16.5. The highest BCUT2D eigenvalue weighted by Crippen LogP contribution is 2.31. The van der Waals surface area contributed by atoms with Gasteiger partial charge in [-0.3, -0.25) is 9.59 Å². The van der Waals surface area contributed by atoms with Gasteiger partial charge in [0.2, 0.25) is 0 Å². The normalized spacial score (nSPS) is 29.6. The van der Waals surface area contributed by atoms with Crippen LogP contribution in [0.3, 0.4) is 0 Å². The molecule has 1 fully saturated rings. The Labute approximate surface area is 93.7 Å². The monoisotopic (exact) mass is 228 g/mol. The Morgan fingerprint density at radius 2 is 1.69 bits per heavy atom. The largest absolute Gasteiger partial charge is 0.481 e. The first-order chi connectivity index (χ1) is 7.54. The average molecular weight is 228 g/mol. The van der Waals surface area contributed by atoms with Crippen molar-refractivity contribution in [1.82, 2.24) is 0 Å². The first-order valence-corrected chi connectivity index (χ1v) is 5.22. The molecule has 0 aromatic heterocycles. The summed E-state index contributed by atoms with van der Waals surface area (Å²) >= 11 is 0. The molecule has 2 N–H and O–H groups in total. The van der Waals surface area contributed by atoms with Gasteiger partial charge in [0.05, 0.1) is 24.5 Å². The SMILES string of the molecule is C=CCOC1CC(C(=O)O)CC(C(=O)O)C1. The first-order valence-electron chi connectivity index (χ1n) is 5.22. The number of carbonyl (C=O) groups is 2. The molecule has 0 amide bonds. The number of hydrogen-bond donors (Lipinski definition) is 2. The molecule has 0 radical (unpaired) electrons. The van der Waals surface area contributed by atoms with Crippen LogP contribution >= 0.6 is 0 Å². The molecular formula is C11H16O5. The van der Waals surface area contributed by atoms with Gasteiger partial charge >= 0.3 is 11.9 Å². The van der Waals surface area contributed by atoms with Crippen LogP contribution in [0.5, 0.6) is 0 Å². The summed E-state index contributed by atoms with van der Waals surface area (Å²) in [4.78, 5) is 21.7. The van der Waals surface area contributed by atoms with Crippen molar-refractivity contribution in [3.63, 3.8) is 0 Å². The predicted octanol–water partition coefficient (Wildman–Crippen LogP) is 1.14. The minimum atomic E-state index is -0.946. The van der Waals surface area contributed by atoms with E-state index in [9.17, 15) is 9.59 Å². The lowest BCUT2D eigenvalue weighted by Crippen LogP contribution is -2.35. The van der Waals surface area contributed by atoms with Crippen molar-refractivity contribution in [3.8, 4) is 0 Å². The van der Waals surface area contributed by atoms with E-state index < -0.39 is 23.8 Å². The molecule has 0 aromatic rings. The van der Waals surface area contributed by atoms with Gasteiger partial charge < -0.3 is 14.9 Å². The predicted molar refractivity (Wildman–Crippen MR) is 56.0 cm³/mol. The van der Waals surface area contributed by atoms with Gasteiger partial charge in [0.15, 0.2) is 0 Å². The molecular weight excluding hydrogens is 212 g/mol. The van der Waals surface area contributed by atoms with Crippen LogP contribution < -0.4 is 0 Å². The summed E-state index contributed by atoms with van der Waals surface area (Å²) in [5.74, 6) is -3.13. The van der Waals surface area contributed by atoms with Gasteiger partial charge in [0.25, 0.3) is 0 Å². The van der Waals surface area contributed by atoms with E-state index in [2.05, 4.69) is 6.58 Å². The van der Waals surface area contributed by atoms with Crippen LogP contribution in [0, 0.1) is 11.8 Å². The van der Waals surface area contributed by atoms with Crippen molar-refractivity contribution in [3.05, 3.63) is 12.7 Å². The molecule has 2 unspecified atom stereocenters. The first kappa shape index (κ1) is 12.7. The summed E-state index contributed by atoms with van der Waals surface area (Å²) in [6, 6.07) is 0. The van der Waals surface area contributed by atoms with Gasteiger partial charge in [-0.2, -0.15) is 0 Å². The van der Waals surface area contributed by atoms with Gasteiger partial charge in [0, 0.05) is 0 Å². The lowest BCUT2D eigenvalue weighted by Gasteiger charge is -2.30. The topological polar surface area (TPSA) is 83.8 Å². The van der Waals surface area contributed by atoms with Crippen molar-refractivity contribution in [2.45, 2.75) is 25.4 Å². The molecule has 0 spiro atoms. The molecule has 2 atom stereocenters. The van der Waals surface area contributed by atoms with Crippen LogP contribution in [0.15, 0.2) is 12.7 Å². The Hall–Kier alpha value is -1.36. The molecule has 16 heavy (non-hydrogen) atoms. The second kappa shape index (κ2) is 5.65. The van der Waals surface area contributed by atoms with Crippen molar-refractivity contribution >= 4 is 11.9 Å². The maximum Gasteiger partial charge on any atom is 0.306 e. The number of carboxylic acid groups (broad SMARTS) is 2. The van der Waals surface area contributed by atoms with E-state index in [0.717, 1.165) is 0 Å². The smallest absolute Gasteiger partial charge is 0.306 e. The van der Waals surface area contributed by atoms with E-state index in [0.29, 0.717) is 19.4 Å². The summed E-state index contributed by atoms with van der Waals surface area (Å²) in [5, 5.41) is 17.8. The van der Waals surface area contributed by atoms with Gasteiger partial charge in [-0.05, 0) is 19.3 Å². The molecule has 0 aliphatic heterocycles. The zero-order chi connectivity index (χ0) is 12.1. The average Bonchev–Trinajstić information content (AvgIpc) is 2.25. The summed E-state index contributed by atoms with van der Waals surface area (Å²) in [6.07, 6.45) is 2.23. The highest BCUT2D eigenvalue weighted by molar-refractivity contribution is 5.74. The van der Waals surface area contributed by atoms with Crippen LogP contribution in [-0.4, -0.2) is 34.9 Å². The van der Waals surface area contributed by atoms with E-state index in [-0.39, 0.29) is 12.5 Å². The summed E-state index contributed by atoms with van der Waals surface area (Å²) in [5.41, 5.74) is 0. The van der Waals surface area contributed by atoms with Gasteiger partial charge in [0.1, 0.15) is 0 Å². The number of carboxylic acids is 2. The number of aliphatic carboxylic acids is 2. The third-order valence-electron chi connectivity index (χ3n) is 2.81. The third kappa shape index (κ3) is 3.34. The number of rotatable bonds is 5. The molecule has 1 aliphatic rings. The van der Waals surface area contributed by atoms with Crippen LogP contribution in [0.1, 0.15) is 19.3 Å². The minimum Gasteiger partial charge on any atom is -0.481 e. The Kier molecular flexibility index (Phi) is 4.49. The van der Waals surface area contributed by atoms with Crippen LogP contribution in [-0.2, 0) is 14.3 Å². The Bertz CT molecular complexity index is 264. The lowest BCUT2D eigenvalue weighted by atomic mass is 9.80. The highest BCUT2D eigenvalue weighted by Gasteiger charge is 2.36. The second-order valence-electron chi connectivity index (χ2n) is 4.02. The summed E-state index contributed by atoms with van der Waals surface area (Å²) < 4.78 is 5.35. The fourth-order valence-corrected chi connectivity index (χ4v) is 2.01. The summed E-state index contributed by atoms with van der Waals surface area (Å²) in [7, 11) is 0. The number of hydrogen-bond acceptors (Lipinski definition) is 3. The van der Waals surface area contributed by atoms with Crippen LogP contribution in [0.2, 0.25) is 0 Å². The van der Waals surface area contributed by atoms with Gasteiger partial charge in [-0.15, -0.1) is 6.58 Å². The molecule has 5 heteroatoms. The zero-order valence-electron chi connectivity index (χ0n) is 8.96. The second-order valence-corrected chi connectivity index (χ2v) is 4.02. The standard InChI is InChI=1S/C11H16O5/c1-2-3-16-9-5-7(10(12)13)4-8(6-9)11(14)15/h2,7-9H,1,3-6H2,(H,12,13)(H,14,15). The maximum absolute atomic E-state index is 10.9. The van der Waals surface area contributed by atoms with E-state index in [1.54, 1.807) is 6.08 Å². The molecule has 0 aromatic carbocycles. The van der Waals surface area contributed by atoms with Crippen LogP contribution in [0.25, 0.3) is 0 Å². The molecule has 0 bridgehead atoms. The van der Waals surface area contributed by atoms with Crippen LogP contribution in [0.4, 0.5) is 0 Å². The van der Waals surface area contributed by atoms with Crippen molar-refractivity contribution < 1.29 is 24.5 Å². The lowest BCUT2D eigenvalue weighted by molar-refractivity contribution is -0.151. The molecule has 0 heterocycles. The molecule has 5 nitrogen and oxygen atoms in total. The van der Waals surface area contributed by atoms with Crippen molar-refractivity contribution in [2.75, 3.05) is 6.61 Å².